The van der Waals surface area contributed by atoms with Gasteiger partial charge in [0.2, 0.25) is 11.8 Å². The molecule has 7 nitrogen and oxygen atoms in total. The zero-order valence-corrected chi connectivity index (χ0v) is 12.3. The minimum Gasteiger partial charge on any atom is -0.383 e. The summed E-state index contributed by atoms with van der Waals surface area (Å²) in [5, 5.41) is 10.7. The number of rotatable bonds is 5. The average Bonchev–Trinajstić information content (AvgIpc) is 3.11. The number of fused-ring (bicyclic) bond motifs is 1. The molecule has 0 saturated carbocycles. The van der Waals surface area contributed by atoms with Gasteiger partial charge in [-0.25, -0.2) is 0 Å². The number of nitrogens with one attached hydrogen (secondary N) is 2. The molecule has 2 aromatic rings. The fraction of sp³-hybridized carbons (Fsp3) is 0.400. The predicted molar refractivity (Wildman–Crippen MR) is 81.3 cm³/mol. The number of aromatic amines is 1. The molecule has 2 amide bonds. The van der Waals surface area contributed by atoms with E-state index in [1.54, 1.807) is 18.2 Å². The lowest BCUT2D eigenvalue weighted by Gasteiger charge is -2.15. The van der Waals surface area contributed by atoms with Crippen LogP contribution in [0, 0.1) is 5.92 Å². The van der Waals surface area contributed by atoms with Gasteiger partial charge in [0, 0.05) is 37.7 Å². The number of carbonyl (C=O) groups excluding carboxylic acids is 2. The SMILES string of the molecule is COCCN1CC(C(=O)Nc2ccc3cn[nH]c3c2)CC1=O. The number of nitrogens with zero attached hydrogens (tertiary/aromatic N) is 2. The van der Waals surface area contributed by atoms with E-state index in [-0.39, 0.29) is 24.2 Å². The Morgan fingerprint density at radius 1 is 1.55 bits per heavy atom. The standard InChI is InChI=1S/C15H18N4O3/c1-22-5-4-19-9-11(6-14(19)20)15(21)17-12-3-2-10-8-16-18-13(10)7-12/h2-3,7-8,11H,4-6,9H2,1H3,(H,16,18)(H,17,21). The Kier molecular flexibility index (Phi) is 4.06. The van der Waals surface area contributed by atoms with Crippen LogP contribution in [-0.4, -0.2) is 53.7 Å². The number of carbonyl (C=O) groups is 2. The third kappa shape index (κ3) is 2.94. The summed E-state index contributed by atoms with van der Waals surface area (Å²) < 4.78 is 4.97. The number of methoxy groups -OCH3 is 1. The summed E-state index contributed by atoms with van der Waals surface area (Å²) in [7, 11) is 1.59. The predicted octanol–water partition coefficient (Wildman–Crippen LogP) is 0.996. The highest BCUT2D eigenvalue weighted by Gasteiger charge is 2.33. The lowest BCUT2D eigenvalue weighted by Crippen LogP contribution is -2.30. The molecule has 2 heterocycles. The number of likely N-dealkylation sites (tertiary alicyclic amines) is 1. The summed E-state index contributed by atoms with van der Waals surface area (Å²) in [6, 6.07) is 5.55. The number of hydrogen-bond acceptors (Lipinski definition) is 4. The second-order valence-electron chi connectivity index (χ2n) is 5.39. The lowest BCUT2D eigenvalue weighted by atomic mass is 10.1. The molecule has 1 aliphatic heterocycles. The smallest absolute Gasteiger partial charge is 0.229 e. The van der Waals surface area contributed by atoms with Crippen molar-refractivity contribution in [2.75, 3.05) is 32.1 Å². The number of benzene rings is 1. The molecule has 1 fully saturated rings. The van der Waals surface area contributed by atoms with Gasteiger partial charge >= 0.3 is 0 Å². The summed E-state index contributed by atoms with van der Waals surface area (Å²) in [5.41, 5.74) is 1.56. The van der Waals surface area contributed by atoms with Gasteiger partial charge in [-0.1, -0.05) is 0 Å². The zero-order chi connectivity index (χ0) is 15.5. The van der Waals surface area contributed by atoms with Crippen molar-refractivity contribution in [1.29, 1.82) is 0 Å². The van der Waals surface area contributed by atoms with E-state index in [1.807, 2.05) is 18.2 Å². The molecule has 1 aliphatic rings. The van der Waals surface area contributed by atoms with Crippen molar-refractivity contribution in [1.82, 2.24) is 15.1 Å². The van der Waals surface area contributed by atoms with Gasteiger partial charge in [0.15, 0.2) is 0 Å². The third-order valence-electron chi connectivity index (χ3n) is 3.86. The van der Waals surface area contributed by atoms with Crippen LogP contribution in [0.4, 0.5) is 5.69 Å². The lowest BCUT2D eigenvalue weighted by molar-refractivity contribution is -0.128. The van der Waals surface area contributed by atoms with Crippen LogP contribution in [0.3, 0.4) is 0 Å². The molecule has 1 aromatic heterocycles. The molecule has 1 atom stereocenters. The molecular weight excluding hydrogens is 284 g/mol. The molecule has 3 rings (SSSR count). The highest BCUT2D eigenvalue weighted by atomic mass is 16.5. The Morgan fingerprint density at radius 2 is 2.41 bits per heavy atom. The van der Waals surface area contributed by atoms with Gasteiger partial charge in [0.05, 0.1) is 24.2 Å². The Morgan fingerprint density at radius 3 is 3.23 bits per heavy atom. The molecule has 1 aromatic carbocycles. The number of H-pyrrole nitrogens is 1. The van der Waals surface area contributed by atoms with Gasteiger partial charge in [-0.15, -0.1) is 0 Å². The minimum absolute atomic E-state index is 0.00113. The van der Waals surface area contributed by atoms with Crippen LogP contribution in [-0.2, 0) is 14.3 Å². The highest BCUT2D eigenvalue weighted by Crippen LogP contribution is 2.21. The van der Waals surface area contributed by atoms with Crippen LogP contribution in [0.25, 0.3) is 10.9 Å². The molecule has 0 bridgehead atoms. The van der Waals surface area contributed by atoms with Crippen LogP contribution in [0.5, 0.6) is 0 Å². The van der Waals surface area contributed by atoms with Gasteiger partial charge < -0.3 is 15.0 Å². The first-order valence-electron chi connectivity index (χ1n) is 7.18. The first kappa shape index (κ1) is 14.5. The van der Waals surface area contributed by atoms with E-state index in [9.17, 15) is 9.59 Å². The maximum atomic E-state index is 12.3. The second kappa shape index (κ2) is 6.15. The summed E-state index contributed by atoms with van der Waals surface area (Å²) in [5.74, 6) is -0.449. The monoisotopic (exact) mass is 302 g/mol. The molecule has 0 spiro atoms. The molecule has 0 radical (unpaired) electrons. The molecule has 1 saturated heterocycles. The maximum Gasteiger partial charge on any atom is 0.229 e. The number of ether oxygens (including phenoxy) is 1. The normalized spacial score (nSPS) is 18.1. The van der Waals surface area contributed by atoms with E-state index >= 15 is 0 Å². The largest absolute Gasteiger partial charge is 0.383 e. The van der Waals surface area contributed by atoms with E-state index in [0.29, 0.717) is 25.4 Å². The fourth-order valence-corrected chi connectivity index (χ4v) is 2.62. The van der Waals surface area contributed by atoms with Crippen molar-refractivity contribution in [2.24, 2.45) is 5.92 Å². The molecule has 0 aliphatic carbocycles. The van der Waals surface area contributed by atoms with Gasteiger partial charge in [-0.3, -0.25) is 14.7 Å². The molecule has 1 unspecified atom stereocenters. The van der Waals surface area contributed by atoms with E-state index < -0.39 is 0 Å². The molecule has 7 heteroatoms. The third-order valence-corrected chi connectivity index (χ3v) is 3.86. The molecular formula is C15H18N4O3. The summed E-state index contributed by atoms with van der Waals surface area (Å²) in [6.45, 7) is 1.45. The molecule has 2 N–H and O–H groups in total. The van der Waals surface area contributed by atoms with E-state index in [1.165, 1.54) is 0 Å². The van der Waals surface area contributed by atoms with Crippen LogP contribution >= 0.6 is 0 Å². The summed E-state index contributed by atoms with van der Waals surface area (Å²) in [4.78, 5) is 25.8. The van der Waals surface area contributed by atoms with Crippen LogP contribution in [0.2, 0.25) is 0 Å². The van der Waals surface area contributed by atoms with Crippen molar-refractivity contribution >= 4 is 28.4 Å². The van der Waals surface area contributed by atoms with Crippen molar-refractivity contribution in [3.8, 4) is 0 Å². The van der Waals surface area contributed by atoms with Gasteiger partial charge in [0.1, 0.15) is 0 Å². The maximum absolute atomic E-state index is 12.3. The van der Waals surface area contributed by atoms with Crippen molar-refractivity contribution < 1.29 is 14.3 Å². The number of amides is 2. The zero-order valence-electron chi connectivity index (χ0n) is 12.3. The van der Waals surface area contributed by atoms with Gasteiger partial charge in [-0.05, 0) is 18.2 Å². The summed E-state index contributed by atoms with van der Waals surface area (Å²) >= 11 is 0. The quantitative estimate of drug-likeness (QED) is 0.862. The van der Waals surface area contributed by atoms with Crippen molar-refractivity contribution in [3.63, 3.8) is 0 Å². The van der Waals surface area contributed by atoms with Crippen LogP contribution in [0.15, 0.2) is 24.4 Å². The number of hydrogen-bond donors (Lipinski definition) is 2. The van der Waals surface area contributed by atoms with Gasteiger partial charge in [-0.2, -0.15) is 5.10 Å². The Bertz CT molecular complexity index is 697. The number of aromatic nitrogens is 2. The van der Waals surface area contributed by atoms with E-state index in [0.717, 1.165) is 10.9 Å². The van der Waals surface area contributed by atoms with E-state index in [4.69, 9.17) is 4.74 Å². The first-order valence-corrected chi connectivity index (χ1v) is 7.18. The fourth-order valence-electron chi connectivity index (χ4n) is 2.62. The number of anilines is 1. The van der Waals surface area contributed by atoms with Crippen molar-refractivity contribution in [3.05, 3.63) is 24.4 Å². The first-order chi connectivity index (χ1) is 10.7. The van der Waals surface area contributed by atoms with E-state index in [2.05, 4.69) is 15.5 Å². The topological polar surface area (TPSA) is 87.3 Å². The summed E-state index contributed by atoms with van der Waals surface area (Å²) in [6.07, 6.45) is 1.98. The Labute approximate surface area is 127 Å². The average molecular weight is 302 g/mol. The van der Waals surface area contributed by atoms with Crippen LogP contribution in [0.1, 0.15) is 6.42 Å². The second-order valence-corrected chi connectivity index (χ2v) is 5.39. The van der Waals surface area contributed by atoms with Gasteiger partial charge in [0.25, 0.3) is 0 Å². The molecule has 116 valence electrons. The van der Waals surface area contributed by atoms with Crippen LogP contribution < -0.4 is 5.32 Å². The molecule has 22 heavy (non-hydrogen) atoms. The van der Waals surface area contributed by atoms with Crippen molar-refractivity contribution in [2.45, 2.75) is 6.42 Å². The highest BCUT2D eigenvalue weighted by molar-refractivity contribution is 5.98. The minimum atomic E-state index is -0.318. The Balaban J connectivity index is 1.63. The Hall–Kier alpha value is -2.41.